The van der Waals surface area contributed by atoms with Crippen LogP contribution in [-0.4, -0.2) is 39.2 Å². The molecule has 1 aromatic heterocycles. The third kappa shape index (κ3) is 4.00. The van der Waals surface area contributed by atoms with Gasteiger partial charge in [0, 0.05) is 30.1 Å². The highest BCUT2D eigenvalue weighted by Crippen LogP contribution is 2.39. The molecular formula is C25H23NO6. The van der Waals surface area contributed by atoms with Crippen LogP contribution in [0.15, 0.2) is 67.0 Å². The molecule has 0 aliphatic carbocycles. The lowest BCUT2D eigenvalue weighted by Gasteiger charge is -2.10. The monoisotopic (exact) mass is 433 g/mol. The first kappa shape index (κ1) is 21.0. The molecule has 0 saturated heterocycles. The van der Waals surface area contributed by atoms with E-state index in [1.54, 1.807) is 26.4 Å². The van der Waals surface area contributed by atoms with Crippen LogP contribution >= 0.6 is 0 Å². The largest absolute Gasteiger partial charge is 0.504 e. The number of phenols is 4. The maximum Gasteiger partial charge on any atom is 0.161 e. The van der Waals surface area contributed by atoms with E-state index in [2.05, 4.69) is 0 Å². The fourth-order valence-electron chi connectivity index (χ4n) is 3.63. The lowest BCUT2D eigenvalue weighted by Crippen LogP contribution is -1.98. The third-order valence-corrected chi connectivity index (χ3v) is 5.27. The van der Waals surface area contributed by atoms with Crippen LogP contribution in [0, 0.1) is 0 Å². The summed E-state index contributed by atoms with van der Waals surface area (Å²) in [6.45, 7) is 0.529. The fourth-order valence-corrected chi connectivity index (χ4v) is 3.63. The van der Waals surface area contributed by atoms with Gasteiger partial charge in [-0.1, -0.05) is 18.2 Å². The van der Waals surface area contributed by atoms with Crippen molar-refractivity contribution in [3.05, 3.63) is 72.6 Å². The second-order valence-corrected chi connectivity index (χ2v) is 7.35. The average molecular weight is 433 g/mol. The predicted octanol–water partition coefficient (Wildman–Crippen LogP) is 4.71. The Morgan fingerprint density at radius 2 is 1.16 bits per heavy atom. The number of phenolic OH excluding ortho intramolecular Hbond substituents is 4. The Kier molecular flexibility index (Phi) is 5.55. The van der Waals surface area contributed by atoms with Gasteiger partial charge in [-0.2, -0.15) is 0 Å². The molecule has 0 spiro atoms. The minimum absolute atomic E-state index is 0.206. The lowest BCUT2D eigenvalue weighted by atomic mass is 9.98. The molecular weight excluding hydrogens is 410 g/mol. The summed E-state index contributed by atoms with van der Waals surface area (Å²) in [5, 5.41) is 39.4. The number of nitrogens with zero attached hydrogens (tertiary/aromatic N) is 1. The van der Waals surface area contributed by atoms with Gasteiger partial charge in [0.1, 0.15) is 0 Å². The zero-order chi connectivity index (χ0) is 22.8. The van der Waals surface area contributed by atoms with Crippen molar-refractivity contribution >= 4 is 0 Å². The molecule has 0 aliphatic rings. The van der Waals surface area contributed by atoms with Gasteiger partial charge in [0.25, 0.3) is 0 Å². The van der Waals surface area contributed by atoms with E-state index in [1.165, 1.54) is 24.3 Å². The van der Waals surface area contributed by atoms with Crippen LogP contribution in [0.2, 0.25) is 0 Å². The summed E-state index contributed by atoms with van der Waals surface area (Å²) in [5.74, 6) is 0.405. The normalized spacial score (nSPS) is 10.8. The first-order valence-electron chi connectivity index (χ1n) is 9.85. The van der Waals surface area contributed by atoms with Crippen LogP contribution in [0.5, 0.6) is 34.5 Å². The summed E-state index contributed by atoms with van der Waals surface area (Å²) in [7, 11) is 3.17. The molecule has 0 unspecified atom stereocenters. The van der Waals surface area contributed by atoms with Gasteiger partial charge >= 0.3 is 0 Å². The minimum atomic E-state index is -0.227. The Balaban J connectivity index is 1.80. The summed E-state index contributed by atoms with van der Waals surface area (Å²) in [6.07, 6.45) is 3.84. The molecule has 0 radical (unpaired) electrons. The molecule has 0 saturated carbocycles. The quantitative estimate of drug-likeness (QED) is 0.328. The Morgan fingerprint density at radius 1 is 0.625 bits per heavy atom. The predicted molar refractivity (Wildman–Crippen MR) is 121 cm³/mol. The Labute approximate surface area is 185 Å². The van der Waals surface area contributed by atoms with Crippen LogP contribution in [0.4, 0.5) is 0 Å². The topological polar surface area (TPSA) is 104 Å². The molecule has 3 aromatic carbocycles. The molecule has 0 amide bonds. The van der Waals surface area contributed by atoms with E-state index in [-0.39, 0.29) is 23.0 Å². The maximum absolute atomic E-state index is 10.00. The van der Waals surface area contributed by atoms with E-state index >= 15 is 0 Å². The van der Waals surface area contributed by atoms with Gasteiger partial charge in [0.15, 0.2) is 34.5 Å². The molecule has 0 fully saturated rings. The molecule has 4 aromatic rings. The summed E-state index contributed by atoms with van der Waals surface area (Å²) >= 11 is 0. The first-order chi connectivity index (χ1) is 15.4. The van der Waals surface area contributed by atoms with Gasteiger partial charge in [-0.15, -0.1) is 0 Å². The lowest BCUT2D eigenvalue weighted by molar-refractivity contribution is 0.354. The number of benzene rings is 3. The molecule has 0 bridgehead atoms. The zero-order valence-corrected chi connectivity index (χ0v) is 17.6. The number of hydrogen-bond donors (Lipinski definition) is 4. The maximum atomic E-state index is 10.00. The van der Waals surface area contributed by atoms with Crippen molar-refractivity contribution in [2.24, 2.45) is 0 Å². The molecule has 7 heteroatoms. The standard InChI is InChI=1S/C25H23NO6/c1-31-24-8-3-15(9-25(24)32-2)12-26-13-18(16-4-6-20(27)22(29)10-16)19(14-26)17-5-7-21(28)23(30)11-17/h3-11,13-14,27-30H,12H2,1-2H3. The number of methoxy groups -OCH3 is 2. The van der Waals surface area contributed by atoms with Gasteiger partial charge in [0.05, 0.1) is 14.2 Å². The van der Waals surface area contributed by atoms with Crippen molar-refractivity contribution in [1.29, 1.82) is 0 Å². The summed E-state index contributed by atoms with van der Waals surface area (Å²) in [6, 6.07) is 14.9. The van der Waals surface area contributed by atoms with Crippen molar-refractivity contribution < 1.29 is 29.9 Å². The molecule has 164 valence electrons. The van der Waals surface area contributed by atoms with Crippen molar-refractivity contribution in [2.75, 3.05) is 14.2 Å². The molecule has 4 rings (SSSR count). The smallest absolute Gasteiger partial charge is 0.161 e. The van der Waals surface area contributed by atoms with E-state index in [4.69, 9.17) is 9.47 Å². The van der Waals surface area contributed by atoms with E-state index in [0.717, 1.165) is 16.7 Å². The average Bonchev–Trinajstić information content (AvgIpc) is 3.21. The molecule has 0 aliphatic heterocycles. The highest BCUT2D eigenvalue weighted by Gasteiger charge is 2.15. The molecule has 7 nitrogen and oxygen atoms in total. The van der Waals surface area contributed by atoms with Crippen molar-refractivity contribution in [3.8, 4) is 56.8 Å². The van der Waals surface area contributed by atoms with E-state index in [1.807, 2.05) is 35.2 Å². The van der Waals surface area contributed by atoms with Crippen LogP contribution in [0.3, 0.4) is 0 Å². The van der Waals surface area contributed by atoms with Gasteiger partial charge in [-0.3, -0.25) is 0 Å². The molecule has 4 N–H and O–H groups in total. The third-order valence-electron chi connectivity index (χ3n) is 5.27. The minimum Gasteiger partial charge on any atom is -0.504 e. The van der Waals surface area contributed by atoms with Crippen molar-refractivity contribution in [3.63, 3.8) is 0 Å². The van der Waals surface area contributed by atoms with Gasteiger partial charge in [-0.25, -0.2) is 0 Å². The number of hydrogen-bond acceptors (Lipinski definition) is 6. The Hall–Kier alpha value is -4.26. The number of ether oxygens (including phenoxy) is 2. The second kappa shape index (κ2) is 8.47. The second-order valence-electron chi connectivity index (χ2n) is 7.35. The Morgan fingerprint density at radius 3 is 1.62 bits per heavy atom. The fraction of sp³-hybridized carbons (Fsp3) is 0.120. The first-order valence-corrected chi connectivity index (χ1v) is 9.85. The summed E-state index contributed by atoms with van der Waals surface area (Å²) < 4.78 is 12.7. The number of aromatic hydroxyl groups is 4. The van der Waals surface area contributed by atoms with Crippen LogP contribution < -0.4 is 9.47 Å². The van der Waals surface area contributed by atoms with Crippen LogP contribution in [-0.2, 0) is 6.54 Å². The van der Waals surface area contributed by atoms with E-state index in [9.17, 15) is 20.4 Å². The Bertz CT molecular complexity index is 1210. The number of rotatable bonds is 6. The van der Waals surface area contributed by atoms with Gasteiger partial charge < -0.3 is 34.5 Å². The highest BCUT2D eigenvalue weighted by molar-refractivity contribution is 5.85. The molecule has 32 heavy (non-hydrogen) atoms. The van der Waals surface area contributed by atoms with Crippen LogP contribution in [0.25, 0.3) is 22.3 Å². The van der Waals surface area contributed by atoms with Crippen LogP contribution in [0.1, 0.15) is 5.56 Å². The zero-order valence-electron chi connectivity index (χ0n) is 17.6. The van der Waals surface area contributed by atoms with E-state index < -0.39 is 0 Å². The van der Waals surface area contributed by atoms with Crippen molar-refractivity contribution in [2.45, 2.75) is 6.54 Å². The molecule has 0 atom stereocenters. The van der Waals surface area contributed by atoms with Gasteiger partial charge in [0.2, 0.25) is 0 Å². The highest BCUT2D eigenvalue weighted by atomic mass is 16.5. The SMILES string of the molecule is COc1ccc(Cn2cc(-c3ccc(O)c(O)c3)c(-c3ccc(O)c(O)c3)c2)cc1OC. The molecule has 1 heterocycles. The summed E-state index contributed by atoms with van der Waals surface area (Å²) in [4.78, 5) is 0. The van der Waals surface area contributed by atoms with Gasteiger partial charge in [-0.05, 0) is 53.1 Å². The summed E-state index contributed by atoms with van der Waals surface area (Å²) in [5.41, 5.74) is 3.93. The number of aromatic nitrogens is 1. The van der Waals surface area contributed by atoms with E-state index in [0.29, 0.717) is 29.2 Å². The van der Waals surface area contributed by atoms with Crippen molar-refractivity contribution in [1.82, 2.24) is 4.57 Å².